The lowest BCUT2D eigenvalue weighted by Gasteiger charge is -2.47. The van der Waals surface area contributed by atoms with Crippen LogP contribution < -0.4 is 0 Å². The van der Waals surface area contributed by atoms with Gasteiger partial charge in [0.05, 0.1) is 11.1 Å². The summed E-state index contributed by atoms with van der Waals surface area (Å²) in [7, 11) is 0. The van der Waals surface area contributed by atoms with Crippen molar-refractivity contribution >= 4 is 31.9 Å². The lowest BCUT2D eigenvalue weighted by Crippen LogP contribution is -2.44. The summed E-state index contributed by atoms with van der Waals surface area (Å²) in [4.78, 5) is 4.93. The van der Waals surface area contributed by atoms with E-state index in [-0.39, 0.29) is 10.8 Å². The first kappa shape index (κ1) is 20.4. The summed E-state index contributed by atoms with van der Waals surface area (Å²) < 4.78 is 1.97. The normalized spacial score (nSPS) is 15.1. The zero-order valence-corrected chi connectivity index (χ0v) is 18.9. The molecule has 0 aliphatic rings. The van der Waals surface area contributed by atoms with Crippen molar-refractivity contribution in [2.75, 3.05) is 0 Å². The standard InChI is InChI=1S/C22H27Br2N/c1-6-10-16(7-2)22(21(3,4)5,17-11-8-12-18(23)15-17)19-13-9-14-20(24)25-19/h8-15H,6-7H2,1-5H3/b16-10+. The SMILES string of the molecule is CC/C=C(\CC)C(c1cccc(Br)c1)(c1cccc(Br)n1)C(C)(C)C. The Hall–Kier alpha value is -0.930. The molecule has 1 aromatic heterocycles. The van der Waals surface area contributed by atoms with Crippen LogP contribution in [-0.4, -0.2) is 4.98 Å². The second kappa shape index (κ2) is 8.18. The predicted molar refractivity (Wildman–Crippen MR) is 115 cm³/mol. The van der Waals surface area contributed by atoms with Crippen LogP contribution in [0, 0.1) is 5.41 Å². The molecule has 0 N–H and O–H groups in total. The molecule has 0 saturated heterocycles. The van der Waals surface area contributed by atoms with Crippen LogP contribution in [0.15, 0.2) is 63.2 Å². The van der Waals surface area contributed by atoms with Crippen LogP contribution in [0.5, 0.6) is 0 Å². The maximum atomic E-state index is 4.93. The van der Waals surface area contributed by atoms with Gasteiger partial charge in [-0.2, -0.15) is 0 Å². The third kappa shape index (κ3) is 3.93. The molecule has 2 aromatic rings. The summed E-state index contributed by atoms with van der Waals surface area (Å²) in [5, 5.41) is 0. The Labute approximate surface area is 169 Å². The first-order chi connectivity index (χ1) is 11.8. The molecule has 0 amide bonds. The Kier molecular flexibility index (Phi) is 6.67. The molecule has 1 aromatic carbocycles. The number of benzene rings is 1. The number of allylic oxidation sites excluding steroid dienone is 2. The molecule has 1 heterocycles. The molecule has 0 spiro atoms. The summed E-state index contributed by atoms with van der Waals surface area (Å²) in [6.45, 7) is 11.4. The number of nitrogens with zero attached hydrogens (tertiary/aromatic N) is 1. The fourth-order valence-electron chi connectivity index (χ4n) is 3.94. The number of halogens is 2. The smallest absolute Gasteiger partial charge is 0.106 e. The van der Waals surface area contributed by atoms with Gasteiger partial charge in [0.15, 0.2) is 0 Å². The van der Waals surface area contributed by atoms with E-state index in [0.717, 1.165) is 27.6 Å². The highest BCUT2D eigenvalue weighted by molar-refractivity contribution is 9.10. The van der Waals surface area contributed by atoms with E-state index >= 15 is 0 Å². The maximum Gasteiger partial charge on any atom is 0.106 e. The van der Waals surface area contributed by atoms with Gasteiger partial charge in [-0.3, -0.25) is 0 Å². The zero-order chi connectivity index (χ0) is 18.7. The van der Waals surface area contributed by atoms with E-state index in [1.54, 1.807) is 0 Å². The van der Waals surface area contributed by atoms with Crippen LogP contribution in [0.2, 0.25) is 0 Å². The number of hydrogen-bond acceptors (Lipinski definition) is 1. The molecule has 25 heavy (non-hydrogen) atoms. The predicted octanol–water partition coefficient (Wildman–Crippen LogP) is 7.69. The van der Waals surface area contributed by atoms with Crippen LogP contribution >= 0.6 is 31.9 Å². The molecule has 3 heteroatoms. The zero-order valence-electron chi connectivity index (χ0n) is 15.7. The molecule has 1 unspecified atom stereocenters. The van der Waals surface area contributed by atoms with Gasteiger partial charge >= 0.3 is 0 Å². The van der Waals surface area contributed by atoms with Crippen molar-refractivity contribution in [3.8, 4) is 0 Å². The summed E-state index contributed by atoms with van der Waals surface area (Å²) in [6, 6.07) is 14.9. The molecule has 0 fully saturated rings. The Morgan fingerprint density at radius 1 is 1.04 bits per heavy atom. The molecule has 1 atom stereocenters. The van der Waals surface area contributed by atoms with E-state index in [1.807, 2.05) is 6.07 Å². The minimum absolute atomic E-state index is 0.0431. The highest BCUT2D eigenvalue weighted by Gasteiger charge is 2.48. The summed E-state index contributed by atoms with van der Waals surface area (Å²) in [5.41, 5.74) is 3.46. The summed E-state index contributed by atoms with van der Waals surface area (Å²) in [5.74, 6) is 0. The third-order valence-electron chi connectivity index (χ3n) is 4.80. The van der Waals surface area contributed by atoms with Crippen molar-refractivity contribution in [3.63, 3.8) is 0 Å². The van der Waals surface area contributed by atoms with Crippen molar-refractivity contribution in [2.24, 2.45) is 5.41 Å². The molecular formula is C22H27Br2N. The van der Waals surface area contributed by atoms with E-state index in [0.29, 0.717) is 0 Å². The maximum absolute atomic E-state index is 4.93. The minimum Gasteiger partial charge on any atom is -0.245 e. The molecular weight excluding hydrogens is 438 g/mol. The molecule has 134 valence electrons. The van der Waals surface area contributed by atoms with Crippen molar-refractivity contribution in [1.82, 2.24) is 4.98 Å². The topological polar surface area (TPSA) is 12.9 Å². The van der Waals surface area contributed by atoms with E-state index in [2.05, 4.69) is 109 Å². The van der Waals surface area contributed by atoms with Gasteiger partial charge in [-0.05, 0) is 64.0 Å². The van der Waals surface area contributed by atoms with Crippen LogP contribution in [-0.2, 0) is 5.41 Å². The van der Waals surface area contributed by atoms with Gasteiger partial charge in [0.1, 0.15) is 4.60 Å². The Balaban J connectivity index is 2.96. The number of hydrogen-bond donors (Lipinski definition) is 0. The van der Waals surface area contributed by atoms with Gasteiger partial charge in [0, 0.05) is 4.47 Å². The van der Waals surface area contributed by atoms with E-state index in [4.69, 9.17) is 4.98 Å². The second-order valence-corrected chi connectivity index (χ2v) is 9.08. The summed E-state index contributed by atoms with van der Waals surface area (Å²) >= 11 is 7.25. The molecule has 0 aliphatic carbocycles. The summed E-state index contributed by atoms with van der Waals surface area (Å²) in [6.07, 6.45) is 4.39. The van der Waals surface area contributed by atoms with Crippen LogP contribution in [0.3, 0.4) is 0 Å². The van der Waals surface area contributed by atoms with Crippen LogP contribution in [0.1, 0.15) is 58.7 Å². The van der Waals surface area contributed by atoms with Gasteiger partial charge in [-0.1, -0.05) is 80.4 Å². The van der Waals surface area contributed by atoms with Gasteiger partial charge in [0.2, 0.25) is 0 Å². The largest absolute Gasteiger partial charge is 0.245 e. The van der Waals surface area contributed by atoms with Crippen molar-refractivity contribution in [1.29, 1.82) is 0 Å². The molecule has 2 rings (SSSR count). The van der Waals surface area contributed by atoms with Gasteiger partial charge in [-0.25, -0.2) is 4.98 Å². The fourth-order valence-corrected chi connectivity index (χ4v) is 4.69. The van der Waals surface area contributed by atoms with E-state index < -0.39 is 0 Å². The Bertz CT molecular complexity index is 711. The molecule has 1 nitrogen and oxygen atoms in total. The first-order valence-electron chi connectivity index (χ1n) is 8.86. The van der Waals surface area contributed by atoms with Gasteiger partial charge < -0.3 is 0 Å². The van der Waals surface area contributed by atoms with Gasteiger partial charge in [0.25, 0.3) is 0 Å². The highest BCUT2D eigenvalue weighted by atomic mass is 79.9. The van der Waals surface area contributed by atoms with E-state index in [1.165, 1.54) is 11.1 Å². The highest BCUT2D eigenvalue weighted by Crippen LogP contribution is 2.52. The van der Waals surface area contributed by atoms with Crippen LogP contribution in [0.4, 0.5) is 0 Å². The van der Waals surface area contributed by atoms with Crippen molar-refractivity contribution in [3.05, 3.63) is 74.4 Å². The van der Waals surface area contributed by atoms with E-state index in [9.17, 15) is 0 Å². The molecule has 0 saturated carbocycles. The minimum atomic E-state index is -0.286. The lowest BCUT2D eigenvalue weighted by molar-refractivity contribution is 0.256. The lowest BCUT2D eigenvalue weighted by atomic mass is 9.56. The quantitative estimate of drug-likeness (QED) is 0.326. The number of aromatic nitrogens is 1. The van der Waals surface area contributed by atoms with Crippen molar-refractivity contribution in [2.45, 2.75) is 52.9 Å². The first-order valence-corrected chi connectivity index (χ1v) is 10.4. The monoisotopic (exact) mass is 463 g/mol. The third-order valence-corrected chi connectivity index (χ3v) is 5.73. The average molecular weight is 465 g/mol. The molecule has 0 bridgehead atoms. The fraction of sp³-hybridized carbons (Fsp3) is 0.409. The van der Waals surface area contributed by atoms with Crippen LogP contribution in [0.25, 0.3) is 0 Å². The number of pyridine rings is 1. The van der Waals surface area contributed by atoms with Gasteiger partial charge in [-0.15, -0.1) is 0 Å². The Morgan fingerprint density at radius 2 is 1.72 bits per heavy atom. The Morgan fingerprint density at radius 3 is 2.24 bits per heavy atom. The molecule has 0 radical (unpaired) electrons. The second-order valence-electron chi connectivity index (χ2n) is 7.35. The molecule has 0 aliphatic heterocycles. The average Bonchev–Trinajstić information content (AvgIpc) is 2.53. The number of rotatable bonds is 5. The van der Waals surface area contributed by atoms with Crippen molar-refractivity contribution < 1.29 is 0 Å².